The summed E-state index contributed by atoms with van der Waals surface area (Å²) in [4.78, 5) is 35.0. The van der Waals surface area contributed by atoms with E-state index in [1.165, 1.54) is 11.3 Å². The zero-order chi connectivity index (χ0) is 20.1. The van der Waals surface area contributed by atoms with Crippen molar-refractivity contribution < 1.29 is 14.6 Å². The summed E-state index contributed by atoms with van der Waals surface area (Å²) >= 11 is 1.17. The Morgan fingerprint density at radius 1 is 1.48 bits per heavy atom. The number of fused-ring (bicyclic) bond motifs is 1. The SMILES string of the molecule is C=CCN(Cc1nc2sc(C(=O)OC(C)C)c(C)c2c(=O)[nH]1)CC(O)CC. The third kappa shape index (κ3) is 5.24. The topological polar surface area (TPSA) is 95.5 Å². The van der Waals surface area contributed by atoms with Gasteiger partial charge < -0.3 is 14.8 Å². The lowest BCUT2D eigenvalue weighted by Gasteiger charge is -2.22. The summed E-state index contributed by atoms with van der Waals surface area (Å²) in [6.07, 6.45) is 1.69. The molecular formula is C19H27N3O4S. The molecule has 0 fully saturated rings. The number of aliphatic hydroxyl groups is 1. The van der Waals surface area contributed by atoms with Gasteiger partial charge in [0.2, 0.25) is 0 Å². The number of esters is 1. The van der Waals surface area contributed by atoms with Crippen LogP contribution in [0.5, 0.6) is 0 Å². The number of nitrogens with one attached hydrogen (secondary N) is 1. The van der Waals surface area contributed by atoms with E-state index < -0.39 is 12.1 Å². The smallest absolute Gasteiger partial charge is 0.348 e. The number of aliphatic hydroxyl groups excluding tert-OH is 1. The molecule has 8 heteroatoms. The van der Waals surface area contributed by atoms with Crippen LogP contribution >= 0.6 is 11.3 Å². The van der Waals surface area contributed by atoms with Gasteiger partial charge in [0.05, 0.1) is 24.1 Å². The average molecular weight is 394 g/mol. The third-order valence-electron chi connectivity index (χ3n) is 4.08. The standard InChI is InChI=1S/C19H27N3O4S/c1-6-8-22(9-13(23)7-2)10-14-20-17(24)15-12(5)16(27-18(15)21-14)19(25)26-11(3)4/h6,11,13,23H,1,7-10H2,2-5H3,(H,20,21,24). The molecule has 1 atom stereocenters. The monoisotopic (exact) mass is 393 g/mol. The van der Waals surface area contributed by atoms with Gasteiger partial charge in [-0.05, 0) is 32.8 Å². The molecule has 2 heterocycles. The van der Waals surface area contributed by atoms with Crippen LogP contribution in [0.3, 0.4) is 0 Å². The summed E-state index contributed by atoms with van der Waals surface area (Å²) in [5.74, 6) is 0.0495. The molecule has 0 radical (unpaired) electrons. The molecule has 0 aromatic carbocycles. The van der Waals surface area contributed by atoms with Crippen molar-refractivity contribution in [2.24, 2.45) is 0 Å². The van der Waals surface area contributed by atoms with E-state index in [4.69, 9.17) is 4.74 Å². The number of aromatic nitrogens is 2. The van der Waals surface area contributed by atoms with Gasteiger partial charge in [-0.1, -0.05) is 13.0 Å². The predicted octanol–water partition coefficient (Wildman–Crippen LogP) is 2.62. The van der Waals surface area contributed by atoms with Crippen molar-refractivity contribution in [3.05, 3.63) is 39.3 Å². The van der Waals surface area contributed by atoms with Crippen molar-refractivity contribution in [2.75, 3.05) is 13.1 Å². The maximum absolute atomic E-state index is 12.6. The van der Waals surface area contributed by atoms with Crippen LogP contribution < -0.4 is 5.56 Å². The van der Waals surface area contributed by atoms with Crippen LogP contribution in [0.25, 0.3) is 10.2 Å². The van der Waals surface area contributed by atoms with Gasteiger partial charge in [0.1, 0.15) is 15.5 Å². The van der Waals surface area contributed by atoms with E-state index in [0.717, 1.165) is 0 Å². The molecule has 0 bridgehead atoms. The Hall–Kier alpha value is -2.03. The second-order valence-electron chi connectivity index (χ2n) is 6.75. The number of hydrogen-bond acceptors (Lipinski definition) is 7. The highest BCUT2D eigenvalue weighted by Gasteiger charge is 2.21. The average Bonchev–Trinajstić information content (AvgIpc) is 2.91. The minimum atomic E-state index is -0.457. The van der Waals surface area contributed by atoms with Crippen molar-refractivity contribution in [1.82, 2.24) is 14.9 Å². The van der Waals surface area contributed by atoms with Gasteiger partial charge in [-0.2, -0.15) is 0 Å². The summed E-state index contributed by atoms with van der Waals surface area (Å²) in [7, 11) is 0. The lowest BCUT2D eigenvalue weighted by Crippen LogP contribution is -2.33. The molecule has 2 rings (SSSR count). The molecule has 0 saturated carbocycles. The van der Waals surface area contributed by atoms with E-state index in [1.807, 2.05) is 11.8 Å². The fourth-order valence-corrected chi connectivity index (χ4v) is 3.83. The summed E-state index contributed by atoms with van der Waals surface area (Å²) in [6.45, 7) is 12.3. The number of thiophene rings is 1. The van der Waals surface area contributed by atoms with Crippen molar-refractivity contribution in [3.63, 3.8) is 0 Å². The second-order valence-corrected chi connectivity index (χ2v) is 7.75. The minimum Gasteiger partial charge on any atom is -0.459 e. The first kappa shape index (κ1) is 21.3. The highest BCUT2D eigenvalue weighted by Crippen LogP contribution is 2.28. The summed E-state index contributed by atoms with van der Waals surface area (Å²) < 4.78 is 5.25. The van der Waals surface area contributed by atoms with Gasteiger partial charge in [0.25, 0.3) is 5.56 Å². The van der Waals surface area contributed by atoms with E-state index in [2.05, 4.69) is 16.5 Å². The number of nitrogens with zero attached hydrogens (tertiary/aromatic N) is 2. The minimum absolute atomic E-state index is 0.235. The number of aromatic amines is 1. The lowest BCUT2D eigenvalue weighted by atomic mass is 10.2. The van der Waals surface area contributed by atoms with Gasteiger partial charge in [-0.15, -0.1) is 17.9 Å². The van der Waals surface area contributed by atoms with Crippen molar-refractivity contribution in [2.45, 2.75) is 52.9 Å². The van der Waals surface area contributed by atoms with E-state index in [1.54, 1.807) is 26.8 Å². The quantitative estimate of drug-likeness (QED) is 0.502. The number of ether oxygens (including phenoxy) is 1. The highest BCUT2D eigenvalue weighted by molar-refractivity contribution is 7.20. The molecule has 1 unspecified atom stereocenters. The van der Waals surface area contributed by atoms with E-state index >= 15 is 0 Å². The number of hydrogen-bond donors (Lipinski definition) is 2. The van der Waals surface area contributed by atoms with Crippen molar-refractivity contribution in [1.29, 1.82) is 0 Å². The normalized spacial score (nSPS) is 12.7. The van der Waals surface area contributed by atoms with E-state index in [9.17, 15) is 14.7 Å². The van der Waals surface area contributed by atoms with Crippen LogP contribution in [-0.4, -0.2) is 51.2 Å². The molecule has 0 aliphatic carbocycles. The van der Waals surface area contributed by atoms with Gasteiger partial charge in [-0.3, -0.25) is 9.69 Å². The Morgan fingerprint density at radius 3 is 2.78 bits per heavy atom. The Kier molecular flexibility index (Phi) is 7.29. The van der Waals surface area contributed by atoms with Crippen molar-refractivity contribution in [3.8, 4) is 0 Å². The van der Waals surface area contributed by atoms with Crippen LogP contribution in [0.2, 0.25) is 0 Å². The van der Waals surface area contributed by atoms with Crippen molar-refractivity contribution >= 4 is 27.5 Å². The molecule has 2 aromatic heterocycles. The molecule has 148 valence electrons. The number of carbonyl (C=O) groups is 1. The van der Waals surface area contributed by atoms with Gasteiger partial charge in [-0.25, -0.2) is 9.78 Å². The molecule has 27 heavy (non-hydrogen) atoms. The lowest BCUT2D eigenvalue weighted by molar-refractivity contribution is 0.0383. The fourth-order valence-electron chi connectivity index (χ4n) is 2.75. The first-order valence-corrected chi connectivity index (χ1v) is 9.83. The third-order valence-corrected chi connectivity index (χ3v) is 5.24. The number of rotatable bonds is 9. The maximum atomic E-state index is 12.6. The predicted molar refractivity (Wildman–Crippen MR) is 107 cm³/mol. The molecule has 2 aromatic rings. The first-order chi connectivity index (χ1) is 12.8. The number of aryl methyl sites for hydroxylation is 1. The number of carbonyl (C=O) groups excluding carboxylic acids is 1. The maximum Gasteiger partial charge on any atom is 0.348 e. The first-order valence-electron chi connectivity index (χ1n) is 9.01. The molecule has 0 spiro atoms. The highest BCUT2D eigenvalue weighted by atomic mass is 32.1. The Bertz CT molecular complexity index is 872. The largest absolute Gasteiger partial charge is 0.459 e. The van der Waals surface area contributed by atoms with Crippen LogP contribution in [0.1, 0.15) is 48.3 Å². The van der Waals surface area contributed by atoms with E-state index in [0.29, 0.717) is 52.5 Å². The van der Waals surface area contributed by atoms with Crippen LogP contribution in [0.4, 0.5) is 0 Å². The van der Waals surface area contributed by atoms with Crippen LogP contribution in [0.15, 0.2) is 17.4 Å². The molecule has 0 amide bonds. The second kappa shape index (κ2) is 9.25. The number of H-pyrrole nitrogens is 1. The van der Waals surface area contributed by atoms with Gasteiger partial charge in [0, 0.05) is 13.1 Å². The molecular weight excluding hydrogens is 366 g/mol. The van der Waals surface area contributed by atoms with E-state index in [-0.39, 0.29) is 11.7 Å². The zero-order valence-electron chi connectivity index (χ0n) is 16.2. The summed E-state index contributed by atoms with van der Waals surface area (Å²) in [6, 6.07) is 0. The Labute approximate surface area is 162 Å². The van der Waals surface area contributed by atoms with Gasteiger partial charge >= 0.3 is 5.97 Å². The van der Waals surface area contributed by atoms with Gasteiger partial charge in [0.15, 0.2) is 0 Å². The van der Waals surface area contributed by atoms with Crippen LogP contribution in [-0.2, 0) is 11.3 Å². The zero-order valence-corrected chi connectivity index (χ0v) is 17.1. The Morgan fingerprint density at radius 2 is 2.19 bits per heavy atom. The summed E-state index contributed by atoms with van der Waals surface area (Å²) in [5.41, 5.74) is 0.312. The molecule has 0 aliphatic heterocycles. The molecule has 0 saturated heterocycles. The summed E-state index contributed by atoms with van der Waals surface area (Å²) in [5, 5.41) is 10.3. The Balaban J connectivity index is 2.36. The fraction of sp³-hybridized carbons (Fsp3) is 0.526. The van der Waals surface area contributed by atoms with Crippen LogP contribution in [0, 0.1) is 6.92 Å². The molecule has 2 N–H and O–H groups in total. The molecule has 0 aliphatic rings. The molecule has 7 nitrogen and oxygen atoms in total.